The van der Waals surface area contributed by atoms with E-state index >= 15 is 0 Å². The second-order valence-corrected chi connectivity index (χ2v) is 3.63. The predicted octanol–water partition coefficient (Wildman–Crippen LogP) is 1.53. The van der Waals surface area contributed by atoms with Crippen molar-refractivity contribution in [3.8, 4) is 0 Å². The number of hydrogen-bond donors (Lipinski definition) is 0. The molecule has 0 N–H and O–H groups in total. The Kier molecular flexibility index (Phi) is 4.44. The van der Waals surface area contributed by atoms with Gasteiger partial charge in [0.15, 0.2) is 0 Å². The number of rotatable bonds is 3. The average Bonchev–Trinajstić information content (AvgIpc) is 1.65. The molecule has 0 atom stereocenters. The van der Waals surface area contributed by atoms with Crippen LogP contribution in [0, 0.1) is 0 Å². The van der Waals surface area contributed by atoms with E-state index in [4.69, 9.17) is 4.62 Å². The lowest BCUT2D eigenvalue weighted by Crippen LogP contribution is -2.14. The van der Waals surface area contributed by atoms with Crippen molar-refractivity contribution in [1.82, 2.24) is 5.06 Å². The zero-order valence-electron chi connectivity index (χ0n) is 6.01. The lowest BCUT2D eigenvalue weighted by molar-refractivity contribution is -0.0118. The summed E-state index contributed by atoms with van der Waals surface area (Å²) in [5.74, 6) is 0. The van der Waals surface area contributed by atoms with Crippen LogP contribution < -0.4 is 0 Å². The van der Waals surface area contributed by atoms with Crippen LogP contribution in [0.25, 0.3) is 0 Å². The third kappa shape index (κ3) is 4.51. The van der Waals surface area contributed by atoms with Crippen molar-refractivity contribution < 1.29 is 4.62 Å². The third-order valence-corrected chi connectivity index (χ3v) is 1.35. The van der Waals surface area contributed by atoms with Gasteiger partial charge in [-0.3, -0.25) is 4.62 Å². The summed E-state index contributed by atoms with van der Waals surface area (Å²) in [6, 6.07) is 0. The molecule has 0 saturated heterocycles. The molecule has 3 heteroatoms. The topological polar surface area (TPSA) is 12.5 Å². The van der Waals surface area contributed by atoms with Crippen molar-refractivity contribution in [2.75, 3.05) is 26.9 Å². The Bertz CT molecular complexity index is 58.4. The Balaban J connectivity index is 3.10. The van der Waals surface area contributed by atoms with Gasteiger partial charge in [-0.1, -0.05) is 6.92 Å². The number of hydroxylamine groups is 2. The molecule has 0 rings (SSSR count). The fourth-order valence-corrected chi connectivity index (χ4v) is 1.01. The van der Waals surface area contributed by atoms with Crippen molar-refractivity contribution in [2.45, 2.75) is 6.92 Å². The molecule has 0 fully saturated rings. The molecule has 0 aliphatic heterocycles. The van der Waals surface area contributed by atoms with Crippen molar-refractivity contribution in [3.05, 3.63) is 0 Å². The van der Waals surface area contributed by atoms with Crippen molar-refractivity contribution in [2.24, 2.45) is 0 Å². The smallest absolute Gasteiger partial charge is 0.0484 e. The van der Waals surface area contributed by atoms with Gasteiger partial charge in [0.05, 0.1) is 0 Å². The Morgan fingerprint density at radius 2 is 2.00 bits per heavy atom. The van der Waals surface area contributed by atoms with Gasteiger partial charge in [0.1, 0.15) is 0 Å². The first-order valence-corrected chi connectivity index (χ1v) is 4.88. The average molecular weight is 135 g/mol. The van der Waals surface area contributed by atoms with E-state index in [2.05, 4.69) is 20.3 Å². The molecule has 0 aliphatic carbocycles. The maximum absolute atomic E-state index is 5.30. The van der Waals surface area contributed by atoms with Crippen molar-refractivity contribution in [1.29, 1.82) is 0 Å². The second kappa shape index (κ2) is 4.25. The van der Waals surface area contributed by atoms with Crippen LogP contribution in [-0.2, 0) is 4.62 Å². The summed E-state index contributed by atoms with van der Waals surface area (Å²) in [5, 5.41) is 1.85. The highest BCUT2D eigenvalue weighted by molar-refractivity contribution is 7.50. The van der Waals surface area contributed by atoms with Crippen LogP contribution in [0.1, 0.15) is 6.92 Å². The van der Waals surface area contributed by atoms with Gasteiger partial charge in [0.25, 0.3) is 0 Å². The molecule has 0 aliphatic rings. The van der Waals surface area contributed by atoms with E-state index in [-0.39, 0.29) is 8.15 Å². The van der Waals surface area contributed by atoms with Gasteiger partial charge in [-0.2, -0.15) is 5.06 Å². The summed E-state index contributed by atoms with van der Waals surface area (Å²) in [4.78, 5) is 0. The normalized spacial score (nSPS) is 11.2. The lowest BCUT2D eigenvalue weighted by atomic mass is 10.8. The van der Waals surface area contributed by atoms with E-state index in [1.807, 2.05) is 12.1 Å². The summed E-state index contributed by atoms with van der Waals surface area (Å²) >= 11 is 0. The maximum atomic E-state index is 5.30. The highest BCUT2D eigenvalue weighted by Crippen LogP contribution is 2.26. The van der Waals surface area contributed by atoms with E-state index in [1.54, 1.807) is 0 Å². The molecule has 0 heterocycles. The summed E-state index contributed by atoms with van der Waals surface area (Å²) in [5.41, 5.74) is 0. The van der Waals surface area contributed by atoms with E-state index in [0.717, 1.165) is 6.54 Å². The standard InChI is InChI=1S/C5H14NOP/c1-5-6(2)7-8(3)4/h5H2,1-4H3. The van der Waals surface area contributed by atoms with Crippen LogP contribution in [0.3, 0.4) is 0 Å². The quantitative estimate of drug-likeness (QED) is 0.429. The van der Waals surface area contributed by atoms with E-state index in [1.165, 1.54) is 0 Å². The minimum atomic E-state index is -0.220. The summed E-state index contributed by atoms with van der Waals surface area (Å²) < 4.78 is 5.30. The summed E-state index contributed by atoms with van der Waals surface area (Å²) in [7, 11) is 1.73. The minimum Gasteiger partial charge on any atom is -0.278 e. The van der Waals surface area contributed by atoms with Crippen LogP contribution in [0.15, 0.2) is 0 Å². The molecule has 50 valence electrons. The van der Waals surface area contributed by atoms with Crippen LogP contribution in [-0.4, -0.2) is 32.0 Å². The monoisotopic (exact) mass is 135 g/mol. The second-order valence-electron chi connectivity index (χ2n) is 1.84. The molecule has 0 aromatic heterocycles. The molecule has 0 unspecified atom stereocenters. The van der Waals surface area contributed by atoms with Gasteiger partial charge in [0.2, 0.25) is 0 Å². The molecule has 0 bridgehead atoms. The zero-order chi connectivity index (χ0) is 6.57. The molecule has 0 saturated carbocycles. The van der Waals surface area contributed by atoms with E-state index < -0.39 is 0 Å². The van der Waals surface area contributed by atoms with Crippen LogP contribution in [0.5, 0.6) is 0 Å². The first-order chi connectivity index (χ1) is 3.66. The SMILES string of the molecule is CCN(C)OP(C)C. The molecular weight excluding hydrogens is 121 g/mol. The van der Waals surface area contributed by atoms with Gasteiger partial charge in [0, 0.05) is 21.7 Å². The first kappa shape index (κ1) is 8.35. The third-order valence-electron chi connectivity index (χ3n) is 0.748. The predicted molar refractivity (Wildman–Crippen MR) is 38.2 cm³/mol. The minimum absolute atomic E-state index is 0.220. The highest BCUT2D eigenvalue weighted by Gasteiger charge is 1.95. The van der Waals surface area contributed by atoms with Gasteiger partial charge in [-0.15, -0.1) is 0 Å². The van der Waals surface area contributed by atoms with Crippen molar-refractivity contribution in [3.63, 3.8) is 0 Å². The Labute approximate surface area is 52.6 Å². The molecule has 0 aromatic carbocycles. The van der Waals surface area contributed by atoms with Gasteiger partial charge in [-0.25, -0.2) is 0 Å². The van der Waals surface area contributed by atoms with E-state index in [9.17, 15) is 0 Å². The maximum Gasteiger partial charge on any atom is 0.0484 e. The fraction of sp³-hybridized carbons (Fsp3) is 1.00. The summed E-state index contributed by atoms with van der Waals surface area (Å²) in [6.07, 6.45) is 0. The molecular formula is C5H14NOP. The van der Waals surface area contributed by atoms with Gasteiger partial charge < -0.3 is 0 Å². The van der Waals surface area contributed by atoms with Crippen LogP contribution in [0.4, 0.5) is 0 Å². The Morgan fingerprint density at radius 1 is 1.50 bits per heavy atom. The van der Waals surface area contributed by atoms with Crippen LogP contribution in [0.2, 0.25) is 0 Å². The molecule has 2 nitrogen and oxygen atoms in total. The molecule has 0 spiro atoms. The lowest BCUT2D eigenvalue weighted by Gasteiger charge is -2.15. The molecule has 8 heavy (non-hydrogen) atoms. The van der Waals surface area contributed by atoms with Gasteiger partial charge >= 0.3 is 0 Å². The molecule has 0 amide bonds. The number of hydrogen-bond acceptors (Lipinski definition) is 2. The fourth-order valence-electron chi connectivity index (χ4n) is 0.337. The Hall–Kier alpha value is 0.350. The number of nitrogens with zero attached hydrogens (tertiary/aromatic N) is 1. The zero-order valence-corrected chi connectivity index (χ0v) is 6.90. The molecule has 0 radical (unpaired) electrons. The van der Waals surface area contributed by atoms with Crippen LogP contribution >= 0.6 is 8.15 Å². The Morgan fingerprint density at radius 3 is 2.12 bits per heavy atom. The van der Waals surface area contributed by atoms with Gasteiger partial charge in [-0.05, 0) is 13.3 Å². The largest absolute Gasteiger partial charge is 0.278 e. The van der Waals surface area contributed by atoms with Crippen molar-refractivity contribution >= 4 is 8.15 Å². The summed E-state index contributed by atoms with van der Waals surface area (Å²) in [6.45, 7) is 7.20. The first-order valence-electron chi connectivity index (χ1n) is 2.73. The highest BCUT2D eigenvalue weighted by atomic mass is 31.1. The molecule has 0 aromatic rings. The van der Waals surface area contributed by atoms with E-state index in [0.29, 0.717) is 0 Å².